The quantitative estimate of drug-likeness (QED) is 0.162. The molecule has 8 rings (SSSR count). The predicted octanol–water partition coefficient (Wildman–Crippen LogP) is 6.44. The smallest absolute Gasteiger partial charge is 0.259 e. The number of rotatable bonds is 9. The zero-order chi connectivity index (χ0) is 40.7. The Bertz CT molecular complexity index is 2370. The molecule has 1 aromatic heterocycles. The number of methoxy groups -OCH3 is 1. The van der Waals surface area contributed by atoms with Gasteiger partial charge in [-0.2, -0.15) is 0 Å². The van der Waals surface area contributed by atoms with Crippen molar-refractivity contribution >= 4 is 44.3 Å². The highest BCUT2D eigenvalue weighted by Crippen LogP contribution is 2.47. The number of hydrogen-bond acceptors (Lipinski definition) is 9. The number of carbonyl (C=O) groups is 3. The number of fused-ring (bicyclic) bond motifs is 3. The van der Waals surface area contributed by atoms with Crippen molar-refractivity contribution in [2.75, 3.05) is 19.0 Å². The third-order valence-electron chi connectivity index (χ3n) is 12.2. The number of aryl methyl sites for hydroxylation is 1. The molecule has 3 fully saturated rings. The number of amides is 3. The molecule has 0 spiro atoms. The van der Waals surface area contributed by atoms with E-state index in [1.165, 1.54) is 0 Å². The van der Waals surface area contributed by atoms with Crippen molar-refractivity contribution in [3.8, 4) is 22.8 Å². The fraction of sp³-hybridized carbons (Fsp3) is 0.422. The summed E-state index contributed by atoms with van der Waals surface area (Å²) >= 11 is 0. The molecule has 4 aromatic rings. The average Bonchev–Trinajstić information content (AvgIpc) is 4.09. The average molecular weight is 806 g/mol. The summed E-state index contributed by atoms with van der Waals surface area (Å²) in [6, 6.07) is 23.4. The number of nitrogens with one attached hydrogen (secondary N) is 3. The van der Waals surface area contributed by atoms with E-state index in [2.05, 4.69) is 15.4 Å². The second-order valence-corrected chi connectivity index (χ2v) is 18.7. The van der Waals surface area contributed by atoms with E-state index in [4.69, 9.17) is 14.5 Å². The van der Waals surface area contributed by atoms with Crippen LogP contribution in [-0.2, 0) is 24.4 Å². The molecule has 304 valence electrons. The minimum absolute atomic E-state index is 0.110. The van der Waals surface area contributed by atoms with Crippen molar-refractivity contribution in [3.63, 3.8) is 0 Å². The summed E-state index contributed by atoms with van der Waals surface area (Å²) in [4.78, 5) is 50.0. The Hall–Kier alpha value is -5.43. The summed E-state index contributed by atoms with van der Waals surface area (Å²) in [7, 11) is -2.37. The predicted molar refractivity (Wildman–Crippen MR) is 223 cm³/mol. The van der Waals surface area contributed by atoms with Gasteiger partial charge in [0.05, 0.1) is 29.6 Å². The Morgan fingerprint density at radius 1 is 0.983 bits per heavy atom. The van der Waals surface area contributed by atoms with Crippen LogP contribution in [-0.4, -0.2) is 78.2 Å². The SMILES string of the molecule is COc1ccc2c(O[C@@H]3C[C@H]4C(=O)N[C@]5(C(=O)NS(=O)(=O)C6(C)CC6)C[C@H]5/C=C\CCCCC[C@H](Nc5cccc(C)c5)C(=O)N4C3)cc(-c3ccccc3)nc2c1. The number of ether oxygens (including phenoxy) is 2. The number of carbonyl (C=O) groups excluding carboxylic acids is 3. The number of benzene rings is 3. The van der Waals surface area contributed by atoms with Crippen LogP contribution < -0.4 is 24.8 Å². The van der Waals surface area contributed by atoms with Crippen molar-refractivity contribution in [1.82, 2.24) is 19.9 Å². The van der Waals surface area contributed by atoms with Gasteiger partial charge in [-0.15, -0.1) is 0 Å². The van der Waals surface area contributed by atoms with Crippen LogP contribution in [0.3, 0.4) is 0 Å². The van der Waals surface area contributed by atoms with Crippen LogP contribution in [0, 0.1) is 12.8 Å². The number of sulfonamides is 1. The fourth-order valence-electron chi connectivity index (χ4n) is 8.22. The van der Waals surface area contributed by atoms with Crippen LogP contribution in [0.2, 0.25) is 0 Å². The van der Waals surface area contributed by atoms with Gasteiger partial charge in [-0.25, -0.2) is 13.4 Å². The largest absolute Gasteiger partial charge is 0.497 e. The number of anilines is 1. The molecule has 2 aliphatic carbocycles. The van der Waals surface area contributed by atoms with E-state index in [9.17, 15) is 22.8 Å². The summed E-state index contributed by atoms with van der Waals surface area (Å²) in [5.41, 5.74) is 2.63. The van der Waals surface area contributed by atoms with Crippen molar-refractivity contribution in [2.45, 2.75) is 100 Å². The zero-order valence-electron chi connectivity index (χ0n) is 33.2. The highest BCUT2D eigenvalue weighted by Gasteiger charge is 2.63. The minimum atomic E-state index is -3.97. The molecule has 0 bridgehead atoms. The normalized spacial score (nSPS) is 26.2. The minimum Gasteiger partial charge on any atom is -0.497 e. The lowest BCUT2D eigenvalue weighted by atomic mass is 10.0. The molecule has 3 aromatic carbocycles. The zero-order valence-corrected chi connectivity index (χ0v) is 34.0. The van der Waals surface area contributed by atoms with Gasteiger partial charge >= 0.3 is 0 Å². The molecule has 2 aliphatic heterocycles. The van der Waals surface area contributed by atoms with E-state index >= 15 is 0 Å². The van der Waals surface area contributed by atoms with Gasteiger partial charge in [-0.05, 0) is 82.2 Å². The number of aromatic nitrogens is 1. The van der Waals surface area contributed by atoms with Crippen molar-refractivity contribution in [3.05, 3.63) is 96.6 Å². The van der Waals surface area contributed by atoms with Gasteiger partial charge in [0, 0.05) is 41.1 Å². The Balaban J connectivity index is 1.14. The van der Waals surface area contributed by atoms with Crippen molar-refractivity contribution < 1.29 is 32.3 Å². The highest BCUT2D eigenvalue weighted by atomic mass is 32.2. The fourth-order valence-corrected chi connectivity index (χ4v) is 9.53. The van der Waals surface area contributed by atoms with E-state index in [1.54, 1.807) is 18.9 Å². The molecule has 3 heterocycles. The summed E-state index contributed by atoms with van der Waals surface area (Å²) in [6.45, 7) is 3.72. The maximum Gasteiger partial charge on any atom is 0.259 e. The molecule has 0 unspecified atom stereocenters. The summed E-state index contributed by atoms with van der Waals surface area (Å²) in [5.74, 6) is -0.730. The van der Waals surface area contributed by atoms with E-state index < -0.39 is 56.2 Å². The lowest BCUT2D eigenvalue weighted by molar-refractivity contribution is -0.140. The third kappa shape index (κ3) is 8.01. The topological polar surface area (TPSA) is 156 Å². The van der Waals surface area contributed by atoms with Crippen LogP contribution in [0.25, 0.3) is 22.2 Å². The molecule has 1 saturated heterocycles. The second kappa shape index (κ2) is 15.7. The standard InChI is InChI=1S/C45H51N5O7S/c1-29-13-12-17-32(23-29)46-36-18-11-6-4-5-10-16-31-27-45(31,43(53)49-58(54,55)44(2)21-22-44)48-41(51)39-25-34(28-50(39)42(36)52)57-40-26-37(30-14-8-7-9-15-30)47-38-24-33(56-3)19-20-35(38)40/h7-10,12-17,19-20,23-24,26,31,34,36,39,46H,4-6,11,18,21-22,25,27-28H2,1-3H3,(H,48,51)(H,49,53)/b16-10-/t31-,34-,36+,39+,45-/m1/s1. The second-order valence-electron chi connectivity index (χ2n) is 16.5. The maximum atomic E-state index is 14.9. The first kappa shape index (κ1) is 39.4. The van der Waals surface area contributed by atoms with E-state index in [1.807, 2.05) is 97.9 Å². The molecular formula is C45H51N5O7S. The molecular weight excluding hydrogens is 755 g/mol. The van der Waals surface area contributed by atoms with Crippen LogP contribution in [0.4, 0.5) is 5.69 Å². The molecule has 4 aliphatic rings. The first-order valence-electron chi connectivity index (χ1n) is 20.3. The lowest BCUT2D eigenvalue weighted by Crippen LogP contribution is -2.58. The van der Waals surface area contributed by atoms with Gasteiger partial charge in [0.2, 0.25) is 21.8 Å². The Morgan fingerprint density at radius 3 is 2.55 bits per heavy atom. The van der Waals surface area contributed by atoms with Gasteiger partial charge in [-0.1, -0.05) is 67.5 Å². The Kier molecular flexibility index (Phi) is 10.7. The molecule has 5 atom stereocenters. The first-order chi connectivity index (χ1) is 27.9. The van der Waals surface area contributed by atoms with Gasteiger partial charge in [0.15, 0.2) is 0 Å². The number of hydrogen-bond donors (Lipinski definition) is 3. The van der Waals surface area contributed by atoms with Crippen LogP contribution in [0.5, 0.6) is 11.5 Å². The summed E-state index contributed by atoms with van der Waals surface area (Å²) < 4.78 is 40.1. The van der Waals surface area contributed by atoms with Gasteiger partial charge in [0.25, 0.3) is 5.91 Å². The van der Waals surface area contributed by atoms with Crippen LogP contribution in [0.1, 0.15) is 70.3 Å². The Morgan fingerprint density at radius 2 is 1.79 bits per heavy atom. The highest BCUT2D eigenvalue weighted by molar-refractivity contribution is 7.91. The maximum absolute atomic E-state index is 14.9. The molecule has 3 N–H and O–H groups in total. The lowest BCUT2D eigenvalue weighted by Gasteiger charge is -2.30. The molecule has 13 heteroatoms. The van der Waals surface area contributed by atoms with Gasteiger partial charge in [-0.3, -0.25) is 19.1 Å². The number of nitrogens with zero attached hydrogens (tertiary/aromatic N) is 2. The van der Waals surface area contributed by atoms with Crippen molar-refractivity contribution in [2.24, 2.45) is 5.92 Å². The molecule has 3 amide bonds. The molecule has 12 nitrogen and oxygen atoms in total. The Labute approximate surface area is 339 Å². The van der Waals surface area contributed by atoms with Crippen LogP contribution in [0.15, 0.2) is 91.0 Å². The molecule has 0 radical (unpaired) electrons. The van der Waals surface area contributed by atoms with Crippen LogP contribution >= 0.6 is 0 Å². The third-order valence-corrected chi connectivity index (χ3v) is 14.3. The first-order valence-corrected chi connectivity index (χ1v) is 21.8. The van der Waals surface area contributed by atoms with Gasteiger partial charge < -0.3 is 25.0 Å². The summed E-state index contributed by atoms with van der Waals surface area (Å²) in [5, 5.41) is 7.21. The molecule has 2 saturated carbocycles. The van der Waals surface area contributed by atoms with E-state index in [0.717, 1.165) is 47.9 Å². The monoisotopic (exact) mass is 805 g/mol. The van der Waals surface area contributed by atoms with E-state index in [-0.39, 0.29) is 25.3 Å². The number of allylic oxidation sites excluding steroid dienone is 1. The van der Waals surface area contributed by atoms with Gasteiger partial charge in [0.1, 0.15) is 35.2 Å². The number of pyridine rings is 1. The summed E-state index contributed by atoms with van der Waals surface area (Å²) in [6.07, 6.45) is 8.51. The molecule has 58 heavy (non-hydrogen) atoms. The van der Waals surface area contributed by atoms with Crippen molar-refractivity contribution in [1.29, 1.82) is 0 Å². The van der Waals surface area contributed by atoms with E-state index in [0.29, 0.717) is 42.0 Å².